The summed E-state index contributed by atoms with van der Waals surface area (Å²) in [6.07, 6.45) is 1.60. The summed E-state index contributed by atoms with van der Waals surface area (Å²) in [5.41, 5.74) is 1.28. The Kier molecular flexibility index (Phi) is 6.57. The molecule has 0 aliphatic rings. The molecule has 0 fully saturated rings. The van der Waals surface area contributed by atoms with Crippen LogP contribution in [0.2, 0.25) is 0 Å². The van der Waals surface area contributed by atoms with Crippen molar-refractivity contribution in [2.24, 2.45) is 0 Å². The number of hydrogen-bond acceptors (Lipinski definition) is 4. The molecule has 1 aromatic carbocycles. The Labute approximate surface area is 141 Å². The third-order valence-corrected chi connectivity index (χ3v) is 3.63. The Morgan fingerprint density at radius 1 is 1.08 bits per heavy atom. The van der Waals surface area contributed by atoms with Crippen molar-refractivity contribution in [3.8, 4) is 0 Å². The second-order valence-electron chi connectivity index (χ2n) is 5.29. The molecule has 2 rings (SSSR count). The van der Waals surface area contributed by atoms with Gasteiger partial charge in [-0.25, -0.2) is 0 Å². The van der Waals surface area contributed by atoms with Gasteiger partial charge < -0.3 is 20.0 Å². The lowest BCUT2D eigenvalue weighted by atomic mass is 10.1. The largest absolute Gasteiger partial charge is 0.468 e. The Morgan fingerprint density at radius 3 is 2.38 bits per heavy atom. The average Bonchev–Trinajstić information content (AvgIpc) is 3.10. The summed E-state index contributed by atoms with van der Waals surface area (Å²) < 4.78 is 5.18. The SMILES string of the molecule is CCN(CC)C(=O)c1ccc(NC(=O)CNCc2ccco2)cc1. The Morgan fingerprint density at radius 2 is 1.79 bits per heavy atom. The van der Waals surface area contributed by atoms with Gasteiger partial charge in [0, 0.05) is 24.3 Å². The van der Waals surface area contributed by atoms with Gasteiger partial charge >= 0.3 is 0 Å². The molecule has 0 unspecified atom stereocenters. The van der Waals surface area contributed by atoms with E-state index in [1.165, 1.54) is 0 Å². The van der Waals surface area contributed by atoms with E-state index in [9.17, 15) is 9.59 Å². The Bertz CT molecular complexity index is 647. The van der Waals surface area contributed by atoms with Crippen LogP contribution in [0.15, 0.2) is 47.1 Å². The van der Waals surface area contributed by atoms with E-state index in [1.807, 2.05) is 19.9 Å². The summed E-state index contributed by atoms with van der Waals surface area (Å²) in [6, 6.07) is 10.6. The third-order valence-electron chi connectivity index (χ3n) is 3.63. The number of carbonyl (C=O) groups excluding carboxylic acids is 2. The van der Waals surface area contributed by atoms with Gasteiger partial charge in [0.15, 0.2) is 0 Å². The van der Waals surface area contributed by atoms with E-state index in [2.05, 4.69) is 10.6 Å². The van der Waals surface area contributed by atoms with Crippen LogP contribution in [0.4, 0.5) is 5.69 Å². The predicted molar refractivity (Wildman–Crippen MR) is 92.7 cm³/mol. The fourth-order valence-electron chi connectivity index (χ4n) is 2.31. The van der Waals surface area contributed by atoms with Crippen LogP contribution in [0.3, 0.4) is 0 Å². The van der Waals surface area contributed by atoms with Gasteiger partial charge in [-0.05, 0) is 50.2 Å². The molecule has 128 valence electrons. The molecule has 2 N–H and O–H groups in total. The van der Waals surface area contributed by atoms with Gasteiger partial charge in [-0.2, -0.15) is 0 Å². The van der Waals surface area contributed by atoms with Crippen molar-refractivity contribution in [1.82, 2.24) is 10.2 Å². The van der Waals surface area contributed by atoms with Crippen LogP contribution in [0.1, 0.15) is 30.0 Å². The minimum Gasteiger partial charge on any atom is -0.468 e. The van der Waals surface area contributed by atoms with E-state index in [1.54, 1.807) is 41.5 Å². The summed E-state index contributed by atoms with van der Waals surface area (Å²) in [5, 5.41) is 5.79. The molecule has 1 heterocycles. The topological polar surface area (TPSA) is 74.6 Å². The number of hydrogen-bond donors (Lipinski definition) is 2. The van der Waals surface area contributed by atoms with Crippen molar-refractivity contribution in [1.29, 1.82) is 0 Å². The van der Waals surface area contributed by atoms with E-state index in [0.29, 0.717) is 30.9 Å². The van der Waals surface area contributed by atoms with Gasteiger partial charge in [-0.15, -0.1) is 0 Å². The highest BCUT2D eigenvalue weighted by Gasteiger charge is 2.12. The van der Waals surface area contributed by atoms with Gasteiger partial charge in [-0.3, -0.25) is 9.59 Å². The van der Waals surface area contributed by atoms with Crippen molar-refractivity contribution in [3.63, 3.8) is 0 Å². The first kappa shape index (κ1) is 17.7. The number of benzene rings is 1. The summed E-state index contributed by atoms with van der Waals surface area (Å²) in [5.74, 6) is 0.629. The number of nitrogens with zero attached hydrogens (tertiary/aromatic N) is 1. The van der Waals surface area contributed by atoms with Gasteiger partial charge in [0.25, 0.3) is 5.91 Å². The van der Waals surface area contributed by atoms with E-state index in [-0.39, 0.29) is 18.4 Å². The van der Waals surface area contributed by atoms with Crippen molar-refractivity contribution in [2.45, 2.75) is 20.4 Å². The maximum Gasteiger partial charge on any atom is 0.253 e. The first-order chi connectivity index (χ1) is 11.6. The van der Waals surface area contributed by atoms with E-state index in [4.69, 9.17) is 4.42 Å². The summed E-state index contributed by atoms with van der Waals surface area (Å²) >= 11 is 0. The molecule has 0 bridgehead atoms. The number of furan rings is 1. The third kappa shape index (κ3) is 4.96. The van der Waals surface area contributed by atoms with Crippen LogP contribution in [0.25, 0.3) is 0 Å². The summed E-state index contributed by atoms with van der Waals surface area (Å²) in [7, 11) is 0. The lowest BCUT2D eigenvalue weighted by Gasteiger charge is -2.18. The number of nitrogens with one attached hydrogen (secondary N) is 2. The van der Waals surface area contributed by atoms with Crippen LogP contribution < -0.4 is 10.6 Å². The first-order valence-corrected chi connectivity index (χ1v) is 8.06. The first-order valence-electron chi connectivity index (χ1n) is 8.06. The molecule has 0 radical (unpaired) electrons. The van der Waals surface area contributed by atoms with Crippen molar-refractivity contribution in [3.05, 3.63) is 54.0 Å². The van der Waals surface area contributed by atoms with E-state index < -0.39 is 0 Å². The molecule has 0 aliphatic carbocycles. The van der Waals surface area contributed by atoms with Gasteiger partial charge in [0.05, 0.1) is 19.4 Å². The zero-order chi connectivity index (χ0) is 17.4. The summed E-state index contributed by atoms with van der Waals surface area (Å²) in [4.78, 5) is 25.9. The van der Waals surface area contributed by atoms with Crippen LogP contribution >= 0.6 is 0 Å². The van der Waals surface area contributed by atoms with Crippen LogP contribution in [0.5, 0.6) is 0 Å². The minimum atomic E-state index is -0.149. The standard InChI is InChI=1S/C18H23N3O3/c1-3-21(4-2)18(23)14-7-9-15(10-8-14)20-17(22)13-19-12-16-6-5-11-24-16/h5-11,19H,3-4,12-13H2,1-2H3,(H,20,22). The molecular formula is C18H23N3O3. The zero-order valence-corrected chi connectivity index (χ0v) is 14.0. The molecule has 2 amide bonds. The van der Waals surface area contributed by atoms with Crippen molar-refractivity contribution >= 4 is 17.5 Å². The van der Waals surface area contributed by atoms with Crippen LogP contribution in [-0.4, -0.2) is 36.3 Å². The molecule has 6 nitrogen and oxygen atoms in total. The minimum absolute atomic E-state index is 0.00186. The summed E-state index contributed by atoms with van der Waals surface area (Å²) in [6.45, 7) is 5.93. The number of anilines is 1. The highest BCUT2D eigenvalue weighted by atomic mass is 16.3. The fraction of sp³-hybridized carbons (Fsp3) is 0.333. The van der Waals surface area contributed by atoms with E-state index in [0.717, 1.165) is 5.76 Å². The molecule has 0 saturated carbocycles. The Balaban J connectivity index is 1.82. The lowest BCUT2D eigenvalue weighted by molar-refractivity contribution is -0.115. The molecular weight excluding hydrogens is 306 g/mol. The van der Waals surface area contributed by atoms with Gasteiger partial charge in [0.1, 0.15) is 5.76 Å². The van der Waals surface area contributed by atoms with Crippen molar-refractivity contribution in [2.75, 3.05) is 25.0 Å². The maximum absolute atomic E-state index is 12.2. The fourth-order valence-corrected chi connectivity index (χ4v) is 2.31. The molecule has 6 heteroatoms. The molecule has 24 heavy (non-hydrogen) atoms. The predicted octanol–water partition coefficient (Wildman–Crippen LogP) is 2.49. The molecule has 0 atom stereocenters. The Hall–Kier alpha value is -2.60. The number of amides is 2. The van der Waals surface area contributed by atoms with Gasteiger partial charge in [-0.1, -0.05) is 0 Å². The quantitative estimate of drug-likeness (QED) is 0.780. The average molecular weight is 329 g/mol. The molecule has 0 aliphatic heterocycles. The lowest BCUT2D eigenvalue weighted by Crippen LogP contribution is -2.30. The molecule has 1 aromatic heterocycles. The van der Waals surface area contributed by atoms with Crippen LogP contribution in [-0.2, 0) is 11.3 Å². The second kappa shape index (κ2) is 8.88. The smallest absolute Gasteiger partial charge is 0.253 e. The molecule has 2 aromatic rings. The highest BCUT2D eigenvalue weighted by Crippen LogP contribution is 2.11. The maximum atomic E-state index is 12.2. The second-order valence-corrected chi connectivity index (χ2v) is 5.29. The number of carbonyl (C=O) groups is 2. The van der Waals surface area contributed by atoms with Crippen LogP contribution in [0, 0.1) is 0 Å². The number of rotatable bonds is 8. The zero-order valence-electron chi connectivity index (χ0n) is 14.0. The van der Waals surface area contributed by atoms with E-state index >= 15 is 0 Å². The monoisotopic (exact) mass is 329 g/mol. The molecule has 0 saturated heterocycles. The van der Waals surface area contributed by atoms with Crippen molar-refractivity contribution < 1.29 is 14.0 Å². The highest BCUT2D eigenvalue weighted by molar-refractivity contribution is 5.96. The van der Waals surface area contributed by atoms with Gasteiger partial charge in [0.2, 0.25) is 5.91 Å². The normalized spacial score (nSPS) is 10.4. The molecule has 0 spiro atoms.